The van der Waals surface area contributed by atoms with Gasteiger partial charge in [-0.3, -0.25) is 4.57 Å². The predicted molar refractivity (Wildman–Crippen MR) is 66.1 cm³/mol. The molecule has 3 N–H and O–H groups in total. The van der Waals surface area contributed by atoms with E-state index in [-0.39, 0.29) is 6.10 Å². The van der Waals surface area contributed by atoms with Crippen LogP contribution in [0.4, 0.5) is 5.82 Å². The van der Waals surface area contributed by atoms with E-state index in [1.807, 2.05) is 0 Å². The van der Waals surface area contributed by atoms with Crippen molar-refractivity contribution >= 4 is 17.0 Å². The highest BCUT2D eigenvalue weighted by Crippen LogP contribution is 2.31. The van der Waals surface area contributed by atoms with E-state index >= 15 is 0 Å². The molecule has 2 aromatic rings. The van der Waals surface area contributed by atoms with Gasteiger partial charge in [-0.15, -0.1) is 0 Å². The third kappa shape index (κ3) is 2.03. The molecule has 19 heavy (non-hydrogen) atoms. The molecule has 0 bridgehead atoms. The fourth-order valence-corrected chi connectivity index (χ4v) is 2.33. The van der Waals surface area contributed by atoms with Gasteiger partial charge in [-0.2, -0.15) is 0 Å². The first-order chi connectivity index (χ1) is 9.20. The van der Waals surface area contributed by atoms with E-state index in [1.165, 1.54) is 6.33 Å². The summed E-state index contributed by atoms with van der Waals surface area (Å²) >= 11 is 0. The maximum Gasteiger partial charge on any atom is 0.167 e. The number of nitrogens with zero attached hydrogens (tertiary/aromatic N) is 4. The number of rotatable bonds is 3. The topological polar surface area (TPSA) is 108 Å². The third-order valence-electron chi connectivity index (χ3n) is 3.18. The van der Waals surface area contributed by atoms with Crippen LogP contribution < -0.4 is 5.73 Å². The van der Waals surface area contributed by atoms with E-state index in [4.69, 9.17) is 15.2 Å². The van der Waals surface area contributed by atoms with Crippen LogP contribution in [0.15, 0.2) is 12.7 Å². The Balaban J connectivity index is 1.94. The first kappa shape index (κ1) is 12.3. The lowest BCUT2D eigenvalue weighted by Gasteiger charge is -2.16. The van der Waals surface area contributed by atoms with Crippen LogP contribution in [0.25, 0.3) is 11.2 Å². The molecule has 102 valence electrons. The third-order valence-corrected chi connectivity index (χ3v) is 3.18. The molecular formula is C11H15N5O3. The van der Waals surface area contributed by atoms with Crippen molar-refractivity contribution in [2.45, 2.75) is 24.9 Å². The summed E-state index contributed by atoms with van der Waals surface area (Å²) in [4.78, 5) is 12.2. The lowest BCUT2D eigenvalue weighted by molar-refractivity contribution is -0.0541. The van der Waals surface area contributed by atoms with Gasteiger partial charge in [0.15, 0.2) is 17.7 Å². The lowest BCUT2D eigenvalue weighted by atomic mass is 10.2. The normalized spacial score (nSPS) is 27.2. The molecule has 3 heterocycles. The highest BCUT2D eigenvalue weighted by atomic mass is 16.6. The number of anilines is 1. The average molecular weight is 265 g/mol. The van der Waals surface area contributed by atoms with E-state index in [0.717, 1.165) is 0 Å². The Morgan fingerprint density at radius 2 is 2.37 bits per heavy atom. The smallest absolute Gasteiger partial charge is 0.167 e. The van der Waals surface area contributed by atoms with Gasteiger partial charge in [0.2, 0.25) is 0 Å². The molecule has 0 spiro atoms. The van der Waals surface area contributed by atoms with Crippen molar-refractivity contribution in [3.63, 3.8) is 0 Å². The molecule has 3 unspecified atom stereocenters. The molecule has 1 saturated heterocycles. The number of methoxy groups -OCH3 is 1. The second-order valence-electron chi connectivity index (χ2n) is 4.49. The van der Waals surface area contributed by atoms with E-state index in [1.54, 1.807) is 18.0 Å². The Hall–Kier alpha value is -1.77. The summed E-state index contributed by atoms with van der Waals surface area (Å²) in [6.45, 7) is 0.442. The van der Waals surface area contributed by atoms with Crippen molar-refractivity contribution in [1.82, 2.24) is 19.5 Å². The summed E-state index contributed by atoms with van der Waals surface area (Å²) in [7, 11) is 1.60. The van der Waals surface area contributed by atoms with E-state index in [0.29, 0.717) is 30.0 Å². The molecule has 1 aliphatic heterocycles. The summed E-state index contributed by atoms with van der Waals surface area (Å²) in [5.41, 5.74) is 6.79. The number of aromatic nitrogens is 4. The van der Waals surface area contributed by atoms with Gasteiger partial charge in [0.1, 0.15) is 17.9 Å². The minimum Gasteiger partial charge on any atom is -0.388 e. The van der Waals surface area contributed by atoms with Crippen LogP contribution in [-0.4, -0.2) is 50.6 Å². The van der Waals surface area contributed by atoms with Crippen molar-refractivity contribution in [2.24, 2.45) is 0 Å². The molecule has 1 fully saturated rings. The molecule has 8 heteroatoms. The monoisotopic (exact) mass is 265 g/mol. The van der Waals surface area contributed by atoms with E-state index in [9.17, 15) is 5.11 Å². The van der Waals surface area contributed by atoms with Gasteiger partial charge in [0.25, 0.3) is 0 Å². The minimum atomic E-state index is -0.631. The highest BCUT2D eigenvalue weighted by Gasteiger charge is 2.36. The van der Waals surface area contributed by atoms with Crippen LogP contribution in [0.3, 0.4) is 0 Å². The van der Waals surface area contributed by atoms with Crippen LogP contribution in [-0.2, 0) is 9.47 Å². The van der Waals surface area contributed by atoms with Gasteiger partial charge in [0.05, 0.1) is 19.0 Å². The number of ether oxygens (including phenoxy) is 2. The Morgan fingerprint density at radius 1 is 1.53 bits per heavy atom. The largest absolute Gasteiger partial charge is 0.388 e. The van der Waals surface area contributed by atoms with Crippen LogP contribution in [0.1, 0.15) is 12.6 Å². The molecule has 1 aliphatic rings. The highest BCUT2D eigenvalue weighted by molar-refractivity contribution is 5.81. The molecule has 0 aromatic carbocycles. The summed E-state index contributed by atoms with van der Waals surface area (Å²) in [5, 5.41) is 10.1. The lowest BCUT2D eigenvalue weighted by Crippen LogP contribution is -2.19. The van der Waals surface area contributed by atoms with Gasteiger partial charge in [-0.25, -0.2) is 15.0 Å². The van der Waals surface area contributed by atoms with Gasteiger partial charge in [0, 0.05) is 13.5 Å². The molecular weight excluding hydrogens is 250 g/mol. The summed E-state index contributed by atoms with van der Waals surface area (Å²) < 4.78 is 12.5. The van der Waals surface area contributed by atoms with Crippen LogP contribution in [0.2, 0.25) is 0 Å². The molecule has 0 radical (unpaired) electrons. The SMILES string of the molecule is COCC1CC(O)C(n2cnc3c(N)ncnc32)O1. The zero-order valence-electron chi connectivity index (χ0n) is 10.4. The second-order valence-corrected chi connectivity index (χ2v) is 4.49. The van der Waals surface area contributed by atoms with E-state index in [2.05, 4.69) is 15.0 Å². The number of nitrogens with two attached hydrogens (primary N) is 1. The Labute approximate surface area is 109 Å². The molecule has 0 saturated carbocycles. The molecule has 0 amide bonds. The second kappa shape index (κ2) is 4.72. The molecule has 3 rings (SSSR count). The summed E-state index contributed by atoms with van der Waals surface area (Å²) in [6.07, 6.45) is 2.14. The maximum absolute atomic E-state index is 10.1. The standard InChI is InChI=1S/C11H15N5O3/c1-18-3-6-2-7(17)11(19-6)16-5-15-8-9(12)13-4-14-10(8)16/h4-7,11,17H,2-3H2,1H3,(H2,12,13,14). The predicted octanol–water partition coefficient (Wildman–Crippen LogP) is -0.297. The van der Waals surface area contributed by atoms with Gasteiger partial charge in [-0.1, -0.05) is 0 Å². The number of hydrogen-bond donors (Lipinski definition) is 2. The number of imidazole rings is 1. The summed E-state index contributed by atoms with van der Waals surface area (Å²) in [6, 6.07) is 0. The van der Waals surface area contributed by atoms with Crippen molar-refractivity contribution < 1.29 is 14.6 Å². The minimum absolute atomic E-state index is 0.137. The van der Waals surface area contributed by atoms with Crippen molar-refractivity contribution in [3.8, 4) is 0 Å². The first-order valence-electron chi connectivity index (χ1n) is 5.96. The van der Waals surface area contributed by atoms with E-state index < -0.39 is 12.3 Å². The van der Waals surface area contributed by atoms with Crippen LogP contribution in [0, 0.1) is 0 Å². The molecule has 8 nitrogen and oxygen atoms in total. The van der Waals surface area contributed by atoms with Gasteiger partial charge < -0.3 is 20.3 Å². The summed E-state index contributed by atoms with van der Waals surface area (Å²) in [5.74, 6) is 0.310. The Kier molecular flexibility index (Phi) is 3.05. The zero-order valence-corrected chi connectivity index (χ0v) is 10.4. The average Bonchev–Trinajstić information content (AvgIpc) is 2.94. The van der Waals surface area contributed by atoms with Crippen molar-refractivity contribution in [3.05, 3.63) is 12.7 Å². The number of aliphatic hydroxyl groups excluding tert-OH is 1. The van der Waals surface area contributed by atoms with Crippen LogP contribution in [0.5, 0.6) is 0 Å². The van der Waals surface area contributed by atoms with Gasteiger partial charge >= 0.3 is 0 Å². The van der Waals surface area contributed by atoms with Gasteiger partial charge in [-0.05, 0) is 0 Å². The van der Waals surface area contributed by atoms with Crippen molar-refractivity contribution in [1.29, 1.82) is 0 Å². The fourth-order valence-electron chi connectivity index (χ4n) is 2.33. The molecule has 3 atom stereocenters. The number of nitrogen functional groups attached to an aromatic ring is 1. The van der Waals surface area contributed by atoms with Crippen molar-refractivity contribution in [2.75, 3.05) is 19.5 Å². The Bertz CT molecular complexity index is 587. The molecule has 0 aliphatic carbocycles. The van der Waals surface area contributed by atoms with Crippen LogP contribution >= 0.6 is 0 Å². The quantitative estimate of drug-likeness (QED) is 0.784. The maximum atomic E-state index is 10.1. The number of hydrogen-bond acceptors (Lipinski definition) is 7. The zero-order chi connectivity index (χ0) is 13.4. The number of aliphatic hydroxyl groups is 1. The number of fused-ring (bicyclic) bond motifs is 1. The fraction of sp³-hybridized carbons (Fsp3) is 0.545. The first-order valence-corrected chi connectivity index (χ1v) is 5.96. The molecule has 2 aromatic heterocycles. The Morgan fingerprint density at radius 3 is 3.16 bits per heavy atom.